The zero-order chi connectivity index (χ0) is 21.7. The highest BCUT2D eigenvalue weighted by Crippen LogP contribution is 2.32. The van der Waals surface area contributed by atoms with Crippen molar-refractivity contribution in [1.82, 2.24) is 4.31 Å². The Kier molecular flexibility index (Phi) is 6.89. The fourth-order valence-corrected chi connectivity index (χ4v) is 5.45. The topological polar surface area (TPSA) is 101 Å². The van der Waals surface area contributed by atoms with Gasteiger partial charge >= 0.3 is 5.97 Å². The molecule has 0 bridgehead atoms. The highest BCUT2D eigenvalue weighted by molar-refractivity contribution is 7.89. The number of ether oxygens (including phenoxy) is 1. The fraction of sp³-hybridized carbons (Fsp3) is 0.364. The Bertz CT molecular complexity index is 978. The lowest BCUT2D eigenvalue weighted by atomic mass is 9.83. The smallest absolute Gasteiger partial charge is 0.322 e. The van der Waals surface area contributed by atoms with Gasteiger partial charge in [0, 0.05) is 19.4 Å². The van der Waals surface area contributed by atoms with E-state index in [4.69, 9.17) is 4.74 Å². The van der Waals surface area contributed by atoms with Gasteiger partial charge in [-0.25, -0.2) is 8.42 Å². The van der Waals surface area contributed by atoms with Crippen LogP contribution in [0.15, 0.2) is 59.5 Å². The lowest BCUT2D eigenvalue weighted by Gasteiger charge is -2.35. The summed E-state index contributed by atoms with van der Waals surface area (Å²) in [6, 6.07) is 13.5. The second-order valence-corrected chi connectivity index (χ2v) is 9.26. The molecule has 0 spiro atoms. The monoisotopic (exact) mass is 431 g/mol. The summed E-state index contributed by atoms with van der Waals surface area (Å²) in [5, 5.41) is 10.0. The average molecular weight is 432 g/mol. The molecule has 1 atom stereocenters. The standard InChI is InChI=1S/C22H25NO6S/c1-29-19-11-13-20(14-12-19)30(27,28)23(15-16-5-3-2-4-6-16)21(22(25)26)17-7-9-18(24)10-8-17/h2-6,11-14,17,21H,7-10,15H2,1H3,(H,25,26)/t21-/m1/s1. The van der Waals surface area contributed by atoms with Crippen LogP contribution >= 0.6 is 0 Å². The zero-order valence-electron chi connectivity index (χ0n) is 16.7. The second-order valence-electron chi connectivity index (χ2n) is 7.37. The Morgan fingerprint density at radius 1 is 1.10 bits per heavy atom. The molecule has 8 heteroatoms. The molecule has 0 heterocycles. The average Bonchev–Trinajstić information content (AvgIpc) is 2.75. The third kappa shape index (κ3) is 4.88. The van der Waals surface area contributed by atoms with Crippen molar-refractivity contribution in [3.63, 3.8) is 0 Å². The maximum Gasteiger partial charge on any atom is 0.322 e. The van der Waals surface area contributed by atoms with Crippen molar-refractivity contribution in [3.05, 3.63) is 60.2 Å². The minimum absolute atomic E-state index is 0.00244. The number of nitrogens with zero attached hydrogens (tertiary/aromatic N) is 1. The van der Waals surface area contributed by atoms with E-state index in [9.17, 15) is 23.1 Å². The van der Waals surface area contributed by atoms with E-state index in [2.05, 4.69) is 0 Å². The number of hydrogen-bond donors (Lipinski definition) is 1. The minimum atomic E-state index is -4.12. The van der Waals surface area contributed by atoms with E-state index in [0.29, 0.717) is 24.2 Å². The highest BCUT2D eigenvalue weighted by atomic mass is 32.2. The Labute approximate surface area is 176 Å². The van der Waals surface area contributed by atoms with Crippen LogP contribution in [-0.4, -0.2) is 42.7 Å². The van der Waals surface area contributed by atoms with Crippen LogP contribution in [0.5, 0.6) is 5.75 Å². The van der Waals surface area contributed by atoms with Gasteiger partial charge in [0.1, 0.15) is 17.6 Å². The normalized spacial score (nSPS) is 16.4. The third-order valence-corrected chi connectivity index (χ3v) is 7.29. The number of carboxylic acids is 1. The largest absolute Gasteiger partial charge is 0.497 e. The Morgan fingerprint density at radius 2 is 1.70 bits per heavy atom. The molecule has 1 fully saturated rings. The first-order valence-corrected chi connectivity index (χ1v) is 11.2. The molecule has 0 unspecified atom stereocenters. The van der Waals surface area contributed by atoms with Crippen molar-refractivity contribution >= 4 is 21.8 Å². The number of carbonyl (C=O) groups excluding carboxylic acids is 1. The van der Waals surface area contributed by atoms with E-state index in [0.717, 1.165) is 4.31 Å². The van der Waals surface area contributed by atoms with Crippen LogP contribution in [0.25, 0.3) is 0 Å². The number of benzene rings is 2. The molecule has 3 rings (SSSR count). The summed E-state index contributed by atoms with van der Waals surface area (Å²) in [6.45, 7) is -0.0728. The van der Waals surface area contributed by atoms with Gasteiger partial charge in [0.25, 0.3) is 0 Å². The lowest BCUT2D eigenvalue weighted by molar-refractivity contribution is -0.144. The second kappa shape index (κ2) is 9.40. The summed E-state index contributed by atoms with van der Waals surface area (Å²) in [4.78, 5) is 23.9. The van der Waals surface area contributed by atoms with Crippen LogP contribution in [0.4, 0.5) is 0 Å². The van der Waals surface area contributed by atoms with E-state index in [1.807, 2.05) is 6.07 Å². The summed E-state index contributed by atoms with van der Waals surface area (Å²) in [5.74, 6) is -1.05. The van der Waals surface area contributed by atoms with Crippen LogP contribution < -0.4 is 4.74 Å². The summed E-state index contributed by atoms with van der Waals surface area (Å²) >= 11 is 0. The Hall–Kier alpha value is -2.71. The van der Waals surface area contributed by atoms with Gasteiger partial charge < -0.3 is 9.84 Å². The molecule has 0 aromatic heterocycles. The van der Waals surface area contributed by atoms with Crippen molar-refractivity contribution in [2.75, 3.05) is 7.11 Å². The number of aliphatic carboxylic acids is 1. The molecule has 160 valence electrons. The molecule has 1 aliphatic carbocycles. The van der Waals surface area contributed by atoms with Gasteiger partial charge in [-0.2, -0.15) is 4.31 Å². The van der Waals surface area contributed by atoms with Crippen molar-refractivity contribution in [1.29, 1.82) is 0 Å². The molecule has 1 aliphatic rings. The molecule has 0 amide bonds. The number of ketones is 1. The first kappa shape index (κ1) is 22.0. The van der Waals surface area contributed by atoms with E-state index in [-0.39, 0.29) is 30.1 Å². The minimum Gasteiger partial charge on any atom is -0.497 e. The van der Waals surface area contributed by atoms with E-state index < -0.39 is 28.0 Å². The lowest BCUT2D eigenvalue weighted by Crippen LogP contribution is -2.49. The Balaban J connectivity index is 2.03. The maximum atomic E-state index is 13.5. The molecule has 0 radical (unpaired) electrons. The number of carbonyl (C=O) groups is 2. The zero-order valence-corrected chi connectivity index (χ0v) is 17.5. The number of Topliss-reactive ketones (excluding diaryl/α,β-unsaturated/α-hetero) is 1. The molecule has 7 nitrogen and oxygen atoms in total. The van der Waals surface area contributed by atoms with Crippen molar-refractivity contribution < 1.29 is 27.9 Å². The number of rotatable bonds is 8. The summed E-state index contributed by atoms with van der Waals surface area (Å²) in [5.41, 5.74) is 0.688. The van der Waals surface area contributed by atoms with Gasteiger partial charge in [-0.3, -0.25) is 9.59 Å². The van der Waals surface area contributed by atoms with Gasteiger partial charge in [-0.15, -0.1) is 0 Å². The molecule has 0 aliphatic heterocycles. The molecule has 30 heavy (non-hydrogen) atoms. The van der Waals surface area contributed by atoms with Crippen LogP contribution in [0.2, 0.25) is 0 Å². The molecule has 1 N–H and O–H groups in total. The van der Waals surface area contributed by atoms with E-state index in [1.54, 1.807) is 24.3 Å². The summed E-state index contributed by atoms with van der Waals surface area (Å²) < 4.78 is 33.2. The predicted octanol–water partition coefficient (Wildman–Crippen LogP) is 3.10. The van der Waals surface area contributed by atoms with Crippen LogP contribution in [-0.2, 0) is 26.2 Å². The van der Waals surface area contributed by atoms with Crippen LogP contribution in [0.3, 0.4) is 0 Å². The molecule has 0 saturated heterocycles. The number of methoxy groups -OCH3 is 1. The SMILES string of the molecule is COc1ccc(S(=O)(=O)N(Cc2ccccc2)[C@@H](C(=O)O)C2CCC(=O)CC2)cc1. The highest BCUT2D eigenvalue weighted by Gasteiger charge is 2.42. The number of sulfonamides is 1. The predicted molar refractivity (Wildman–Crippen MR) is 111 cm³/mol. The third-order valence-electron chi connectivity index (χ3n) is 5.44. The summed E-state index contributed by atoms with van der Waals surface area (Å²) in [6.07, 6.45) is 1.27. The molecular formula is C22H25NO6S. The fourth-order valence-electron chi connectivity index (χ4n) is 3.82. The van der Waals surface area contributed by atoms with Gasteiger partial charge in [-0.1, -0.05) is 30.3 Å². The van der Waals surface area contributed by atoms with Crippen molar-refractivity contribution in [3.8, 4) is 5.75 Å². The van der Waals surface area contributed by atoms with Crippen molar-refractivity contribution in [2.45, 2.75) is 43.2 Å². The molecule has 2 aromatic carbocycles. The number of hydrogen-bond acceptors (Lipinski definition) is 5. The van der Waals surface area contributed by atoms with E-state index in [1.165, 1.54) is 31.4 Å². The van der Waals surface area contributed by atoms with Gasteiger partial charge in [0.15, 0.2) is 0 Å². The van der Waals surface area contributed by atoms with Crippen molar-refractivity contribution in [2.24, 2.45) is 5.92 Å². The van der Waals surface area contributed by atoms with Crippen LogP contribution in [0, 0.1) is 5.92 Å². The van der Waals surface area contributed by atoms with Crippen LogP contribution in [0.1, 0.15) is 31.2 Å². The molecular weight excluding hydrogens is 406 g/mol. The molecule has 2 aromatic rings. The van der Waals surface area contributed by atoms with E-state index >= 15 is 0 Å². The summed E-state index contributed by atoms with van der Waals surface area (Å²) in [7, 11) is -2.64. The molecule has 1 saturated carbocycles. The van der Waals surface area contributed by atoms with Gasteiger partial charge in [-0.05, 0) is 48.6 Å². The maximum absolute atomic E-state index is 13.5. The van der Waals surface area contributed by atoms with Gasteiger partial charge in [0.2, 0.25) is 10.0 Å². The number of carboxylic acid groups (broad SMARTS) is 1. The van der Waals surface area contributed by atoms with Gasteiger partial charge in [0.05, 0.1) is 12.0 Å². The quantitative estimate of drug-likeness (QED) is 0.689. The first-order valence-electron chi connectivity index (χ1n) is 9.77. The Morgan fingerprint density at radius 3 is 2.23 bits per heavy atom. The first-order chi connectivity index (χ1) is 14.3.